The fraction of sp³-hybridized carbons (Fsp3) is 0.846. The van der Waals surface area contributed by atoms with Crippen LogP contribution in [-0.4, -0.2) is 48.4 Å². The molecule has 0 aliphatic carbocycles. The van der Waals surface area contributed by atoms with Gasteiger partial charge in [-0.05, 0) is 6.42 Å². The van der Waals surface area contributed by atoms with E-state index in [0.29, 0.717) is 31.3 Å². The number of ether oxygens (including phenoxy) is 1. The van der Waals surface area contributed by atoms with E-state index in [9.17, 15) is 8.42 Å². The molecule has 2 heterocycles. The molecule has 1 aromatic heterocycles. The van der Waals surface area contributed by atoms with Crippen LogP contribution in [0.15, 0.2) is 4.52 Å². The van der Waals surface area contributed by atoms with E-state index in [4.69, 9.17) is 9.26 Å². The van der Waals surface area contributed by atoms with Crippen LogP contribution in [0, 0.1) is 0 Å². The Balaban J connectivity index is 2.22. The van der Waals surface area contributed by atoms with E-state index < -0.39 is 16.1 Å². The van der Waals surface area contributed by atoms with Crippen LogP contribution in [0.25, 0.3) is 0 Å². The van der Waals surface area contributed by atoms with Crippen LogP contribution in [0.2, 0.25) is 0 Å². The smallest absolute Gasteiger partial charge is 0.229 e. The minimum absolute atomic E-state index is 0.112. The van der Waals surface area contributed by atoms with Gasteiger partial charge in [0.15, 0.2) is 5.82 Å². The summed E-state index contributed by atoms with van der Waals surface area (Å²) in [5.41, 5.74) is 0. The monoisotopic (exact) mass is 317 g/mol. The van der Waals surface area contributed by atoms with Gasteiger partial charge in [0.2, 0.25) is 15.9 Å². The number of hydrogen-bond acceptors (Lipinski definition) is 6. The summed E-state index contributed by atoms with van der Waals surface area (Å²) in [7, 11) is -3.32. The average Bonchev–Trinajstić information content (AvgIpc) is 2.95. The summed E-state index contributed by atoms with van der Waals surface area (Å²) < 4.78 is 37.0. The molecule has 0 saturated carbocycles. The molecule has 0 bridgehead atoms. The lowest BCUT2D eigenvalue weighted by atomic mass is 10.2. The first-order chi connectivity index (χ1) is 9.95. The molecule has 7 nitrogen and oxygen atoms in total. The van der Waals surface area contributed by atoms with Gasteiger partial charge in [0.05, 0.1) is 19.0 Å². The topological polar surface area (TPSA) is 85.5 Å². The highest BCUT2D eigenvalue weighted by molar-refractivity contribution is 7.89. The van der Waals surface area contributed by atoms with Crippen LogP contribution in [-0.2, 0) is 14.8 Å². The van der Waals surface area contributed by atoms with Crippen LogP contribution in [0.5, 0.6) is 0 Å². The van der Waals surface area contributed by atoms with Gasteiger partial charge in [0.25, 0.3) is 0 Å². The van der Waals surface area contributed by atoms with Gasteiger partial charge in [-0.15, -0.1) is 0 Å². The molecule has 0 radical (unpaired) electrons. The molecule has 21 heavy (non-hydrogen) atoms. The van der Waals surface area contributed by atoms with Crippen molar-refractivity contribution < 1.29 is 17.7 Å². The lowest BCUT2D eigenvalue weighted by Crippen LogP contribution is -2.44. The second kappa shape index (κ2) is 6.85. The highest BCUT2D eigenvalue weighted by Gasteiger charge is 2.36. The van der Waals surface area contributed by atoms with Crippen LogP contribution >= 0.6 is 0 Å². The van der Waals surface area contributed by atoms with E-state index in [-0.39, 0.29) is 18.3 Å². The van der Waals surface area contributed by atoms with Crippen LogP contribution in [0.4, 0.5) is 0 Å². The average molecular weight is 317 g/mol. The maximum atomic E-state index is 12.5. The van der Waals surface area contributed by atoms with E-state index >= 15 is 0 Å². The fourth-order valence-corrected chi connectivity index (χ4v) is 3.97. The quantitative estimate of drug-likeness (QED) is 0.794. The van der Waals surface area contributed by atoms with E-state index in [2.05, 4.69) is 10.1 Å². The predicted octanol–water partition coefficient (Wildman–Crippen LogP) is 1.70. The Labute approximate surface area is 125 Å². The Morgan fingerprint density at radius 2 is 2.19 bits per heavy atom. The fourth-order valence-electron chi connectivity index (χ4n) is 2.19. The molecule has 8 heteroatoms. The number of morpholine rings is 1. The van der Waals surface area contributed by atoms with Gasteiger partial charge in [0.1, 0.15) is 6.04 Å². The van der Waals surface area contributed by atoms with Gasteiger partial charge in [-0.2, -0.15) is 9.29 Å². The minimum atomic E-state index is -3.32. The molecule has 1 saturated heterocycles. The third-order valence-electron chi connectivity index (χ3n) is 3.44. The summed E-state index contributed by atoms with van der Waals surface area (Å²) in [5.74, 6) is 1.16. The molecule has 1 fully saturated rings. The summed E-state index contributed by atoms with van der Waals surface area (Å²) >= 11 is 0. The Kier molecular flexibility index (Phi) is 5.34. The SMILES string of the molecule is CCCCS(=O)(=O)N1CCOC[C@H]1c1noc(C(C)C)n1. The standard InChI is InChI=1S/C13H23N3O4S/c1-4-5-8-21(17,18)16-6-7-19-9-11(16)12-14-13(10(2)3)20-15-12/h10-11H,4-9H2,1-3H3/t11-/m0/s1. The first-order valence-electron chi connectivity index (χ1n) is 7.36. The molecule has 0 unspecified atom stereocenters. The number of rotatable bonds is 6. The lowest BCUT2D eigenvalue weighted by Gasteiger charge is -2.32. The van der Waals surface area contributed by atoms with Crippen molar-refractivity contribution in [3.63, 3.8) is 0 Å². The molecular weight excluding hydrogens is 294 g/mol. The van der Waals surface area contributed by atoms with E-state index in [1.54, 1.807) is 0 Å². The first kappa shape index (κ1) is 16.4. The highest BCUT2D eigenvalue weighted by Crippen LogP contribution is 2.26. The molecule has 2 rings (SSSR count). The van der Waals surface area contributed by atoms with Crippen molar-refractivity contribution in [1.82, 2.24) is 14.4 Å². The number of hydrogen-bond donors (Lipinski definition) is 0. The summed E-state index contributed by atoms with van der Waals surface area (Å²) in [4.78, 5) is 4.31. The van der Waals surface area contributed by atoms with Crippen molar-refractivity contribution in [1.29, 1.82) is 0 Å². The third-order valence-corrected chi connectivity index (χ3v) is 5.40. The van der Waals surface area contributed by atoms with Crippen molar-refractivity contribution in [3.8, 4) is 0 Å². The van der Waals surface area contributed by atoms with E-state index in [1.807, 2.05) is 20.8 Å². The molecular formula is C13H23N3O4S. The van der Waals surface area contributed by atoms with Crippen LogP contribution < -0.4 is 0 Å². The molecule has 0 N–H and O–H groups in total. The Hall–Kier alpha value is -0.990. The second-order valence-corrected chi connectivity index (χ2v) is 7.56. The first-order valence-corrected chi connectivity index (χ1v) is 8.97. The molecule has 0 spiro atoms. The van der Waals surface area contributed by atoms with Crippen molar-refractivity contribution >= 4 is 10.0 Å². The summed E-state index contributed by atoms with van der Waals surface area (Å²) in [5, 5.41) is 3.93. The highest BCUT2D eigenvalue weighted by atomic mass is 32.2. The zero-order valence-corrected chi connectivity index (χ0v) is 13.6. The lowest BCUT2D eigenvalue weighted by molar-refractivity contribution is 0.0282. The summed E-state index contributed by atoms with van der Waals surface area (Å²) in [6.07, 6.45) is 1.49. The number of sulfonamides is 1. The molecule has 1 atom stereocenters. The van der Waals surface area contributed by atoms with Crippen molar-refractivity contribution in [2.75, 3.05) is 25.5 Å². The number of aromatic nitrogens is 2. The molecule has 1 aliphatic heterocycles. The predicted molar refractivity (Wildman–Crippen MR) is 77.3 cm³/mol. The maximum Gasteiger partial charge on any atom is 0.229 e. The molecule has 1 aliphatic rings. The van der Waals surface area contributed by atoms with Gasteiger partial charge in [0, 0.05) is 12.5 Å². The Morgan fingerprint density at radius 1 is 1.43 bits per heavy atom. The van der Waals surface area contributed by atoms with Gasteiger partial charge in [-0.1, -0.05) is 32.3 Å². The van der Waals surface area contributed by atoms with Gasteiger partial charge < -0.3 is 9.26 Å². The number of unbranched alkanes of at least 4 members (excludes halogenated alkanes) is 1. The number of nitrogens with zero attached hydrogens (tertiary/aromatic N) is 3. The minimum Gasteiger partial charge on any atom is -0.378 e. The Morgan fingerprint density at radius 3 is 2.81 bits per heavy atom. The van der Waals surface area contributed by atoms with Crippen LogP contribution in [0.1, 0.15) is 57.3 Å². The van der Waals surface area contributed by atoms with Crippen molar-refractivity contribution in [2.24, 2.45) is 0 Å². The maximum absolute atomic E-state index is 12.5. The Bertz CT molecular complexity index is 556. The van der Waals surface area contributed by atoms with E-state index in [0.717, 1.165) is 6.42 Å². The van der Waals surface area contributed by atoms with Gasteiger partial charge in [-0.3, -0.25) is 0 Å². The largest absolute Gasteiger partial charge is 0.378 e. The summed E-state index contributed by atoms with van der Waals surface area (Å²) in [6.45, 7) is 6.87. The van der Waals surface area contributed by atoms with Crippen molar-refractivity contribution in [2.45, 2.75) is 45.6 Å². The zero-order chi connectivity index (χ0) is 15.5. The summed E-state index contributed by atoms with van der Waals surface area (Å²) in [6, 6.07) is -0.489. The molecule has 0 amide bonds. The normalized spacial score (nSPS) is 21.0. The molecule has 0 aromatic carbocycles. The zero-order valence-electron chi connectivity index (χ0n) is 12.8. The van der Waals surface area contributed by atoms with E-state index in [1.165, 1.54) is 4.31 Å². The second-order valence-electron chi connectivity index (χ2n) is 5.52. The third kappa shape index (κ3) is 3.81. The van der Waals surface area contributed by atoms with Gasteiger partial charge in [-0.25, -0.2) is 8.42 Å². The van der Waals surface area contributed by atoms with Crippen molar-refractivity contribution in [3.05, 3.63) is 11.7 Å². The van der Waals surface area contributed by atoms with Crippen LogP contribution in [0.3, 0.4) is 0 Å². The molecule has 120 valence electrons. The van der Waals surface area contributed by atoms with Gasteiger partial charge >= 0.3 is 0 Å². The molecule has 1 aromatic rings.